The van der Waals surface area contributed by atoms with Gasteiger partial charge in [-0.2, -0.15) is 5.10 Å². The van der Waals surface area contributed by atoms with Gasteiger partial charge in [-0.05, 0) is 11.4 Å². The Morgan fingerprint density at radius 2 is 2.20 bits per heavy atom. The zero-order valence-electron chi connectivity index (χ0n) is 11.3. The fraction of sp³-hybridized carbons (Fsp3) is 0.455. The Bertz CT molecular complexity index is 634. The molecule has 2 aromatic heterocycles. The summed E-state index contributed by atoms with van der Waals surface area (Å²) in [5.74, 6) is 0.477. The molecule has 2 aromatic rings. The van der Waals surface area contributed by atoms with Crippen LogP contribution in [0.15, 0.2) is 22.7 Å². The lowest BCUT2D eigenvalue weighted by molar-refractivity contribution is 0.570. The second-order valence-electron chi connectivity index (χ2n) is 4.50. The molecule has 0 amide bonds. The Kier molecular flexibility index (Phi) is 4.86. The minimum absolute atomic E-state index is 0.0925. The largest absolute Gasteiger partial charge is 0.310 e. The average molecular weight is 315 g/mol. The molecule has 0 fully saturated rings. The third-order valence-corrected chi connectivity index (χ3v) is 5.10. The van der Waals surface area contributed by atoms with Gasteiger partial charge in [0.15, 0.2) is 0 Å². The molecule has 2 rings (SSSR count). The molecule has 0 saturated carbocycles. The van der Waals surface area contributed by atoms with E-state index >= 15 is 0 Å². The number of rotatable bonds is 7. The summed E-state index contributed by atoms with van der Waals surface area (Å²) in [5.41, 5.74) is 0. The molecule has 20 heavy (non-hydrogen) atoms. The Morgan fingerprint density at radius 3 is 2.85 bits per heavy atom. The number of nitrogens with one attached hydrogen (secondary N) is 3. The molecule has 0 atom stereocenters. The van der Waals surface area contributed by atoms with E-state index in [2.05, 4.69) is 25.2 Å². The van der Waals surface area contributed by atoms with Crippen LogP contribution in [-0.2, 0) is 23.1 Å². The molecule has 0 unspecified atom stereocenters. The lowest BCUT2D eigenvalue weighted by Gasteiger charge is -2.09. The fourth-order valence-electron chi connectivity index (χ4n) is 1.55. The van der Waals surface area contributed by atoms with Crippen molar-refractivity contribution >= 4 is 21.4 Å². The van der Waals surface area contributed by atoms with Crippen LogP contribution in [0, 0.1) is 0 Å². The van der Waals surface area contributed by atoms with Crippen LogP contribution in [0.4, 0.5) is 0 Å². The summed E-state index contributed by atoms with van der Waals surface area (Å²) in [5, 5.41) is 11.3. The Labute approximate surface area is 121 Å². The average Bonchev–Trinajstić information content (AvgIpc) is 3.05. The third kappa shape index (κ3) is 3.85. The Balaban J connectivity index is 2.07. The van der Waals surface area contributed by atoms with Crippen LogP contribution in [0.25, 0.3) is 0 Å². The van der Waals surface area contributed by atoms with Crippen LogP contribution in [0.1, 0.15) is 24.5 Å². The van der Waals surface area contributed by atoms with Crippen molar-refractivity contribution in [2.45, 2.75) is 37.9 Å². The summed E-state index contributed by atoms with van der Waals surface area (Å²) < 4.78 is 27.0. The molecular formula is C11H17N5O2S2. The van der Waals surface area contributed by atoms with Crippen molar-refractivity contribution in [3.05, 3.63) is 28.5 Å². The predicted molar refractivity (Wildman–Crippen MR) is 76.7 cm³/mol. The first-order valence-electron chi connectivity index (χ1n) is 6.12. The number of aromatic amines is 1. The molecule has 3 N–H and O–H groups in total. The summed E-state index contributed by atoms with van der Waals surface area (Å²) in [6.07, 6.45) is 1.34. The molecule has 0 aliphatic heterocycles. The lowest BCUT2D eigenvalue weighted by atomic mass is 10.4. The third-order valence-electron chi connectivity index (χ3n) is 2.56. The van der Waals surface area contributed by atoms with E-state index in [-0.39, 0.29) is 6.54 Å². The van der Waals surface area contributed by atoms with E-state index in [1.165, 1.54) is 17.7 Å². The number of hydrogen-bond acceptors (Lipinski definition) is 6. The lowest BCUT2D eigenvalue weighted by Crippen LogP contribution is -2.26. The Hall–Kier alpha value is -1.29. The first kappa shape index (κ1) is 15.1. The minimum Gasteiger partial charge on any atom is -0.310 e. The molecule has 9 heteroatoms. The highest BCUT2D eigenvalue weighted by Crippen LogP contribution is 2.21. The summed E-state index contributed by atoms with van der Waals surface area (Å²) in [6, 6.07) is 1.92. The first-order chi connectivity index (χ1) is 9.49. The number of hydrogen-bond donors (Lipinski definition) is 3. The minimum atomic E-state index is -3.54. The fourth-order valence-corrected chi connectivity index (χ4v) is 3.93. The first-order valence-corrected chi connectivity index (χ1v) is 8.49. The van der Waals surface area contributed by atoms with Crippen LogP contribution in [0.3, 0.4) is 0 Å². The summed E-state index contributed by atoms with van der Waals surface area (Å²) in [7, 11) is -3.54. The highest BCUT2D eigenvalue weighted by Gasteiger charge is 2.19. The monoisotopic (exact) mass is 315 g/mol. The van der Waals surface area contributed by atoms with Crippen molar-refractivity contribution in [1.82, 2.24) is 25.2 Å². The molecule has 0 aliphatic rings. The highest BCUT2D eigenvalue weighted by molar-refractivity contribution is 7.89. The van der Waals surface area contributed by atoms with E-state index in [0.29, 0.717) is 23.3 Å². The van der Waals surface area contributed by atoms with E-state index in [1.807, 2.05) is 13.8 Å². The molecule has 0 aromatic carbocycles. The SMILES string of the molecule is CC(C)NCc1sccc1S(=O)(=O)NCc1ncn[nH]1. The molecule has 0 spiro atoms. The van der Waals surface area contributed by atoms with E-state index in [4.69, 9.17) is 0 Å². The van der Waals surface area contributed by atoms with Gasteiger partial charge in [0, 0.05) is 17.5 Å². The van der Waals surface area contributed by atoms with Gasteiger partial charge in [-0.25, -0.2) is 18.1 Å². The maximum Gasteiger partial charge on any atom is 0.242 e. The van der Waals surface area contributed by atoms with Gasteiger partial charge in [0.2, 0.25) is 10.0 Å². The van der Waals surface area contributed by atoms with E-state index in [9.17, 15) is 8.42 Å². The van der Waals surface area contributed by atoms with Gasteiger partial charge in [-0.1, -0.05) is 13.8 Å². The molecule has 7 nitrogen and oxygen atoms in total. The van der Waals surface area contributed by atoms with Gasteiger partial charge in [-0.3, -0.25) is 5.10 Å². The van der Waals surface area contributed by atoms with E-state index in [1.54, 1.807) is 11.4 Å². The topological polar surface area (TPSA) is 99.8 Å². The molecule has 0 radical (unpaired) electrons. The molecule has 110 valence electrons. The number of thiophene rings is 1. The molecule has 2 heterocycles. The summed E-state index contributed by atoms with van der Waals surface area (Å²) in [4.78, 5) is 4.99. The second kappa shape index (κ2) is 6.44. The number of sulfonamides is 1. The van der Waals surface area contributed by atoms with Crippen molar-refractivity contribution in [3.63, 3.8) is 0 Å². The van der Waals surface area contributed by atoms with Crippen LogP contribution in [-0.4, -0.2) is 29.6 Å². The van der Waals surface area contributed by atoms with Crippen LogP contribution in [0.5, 0.6) is 0 Å². The van der Waals surface area contributed by atoms with Gasteiger partial charge in [0.1, 0.15) is 12.2 Å². The smallest absolute Gasteiger partial charge is 0.242 e. The van der Waals surface area contributed by atoms with Gasteiger partial charge in [0.05, 0.1) is 11.4 Å². The van der Waals surface area contributed by atoms with E-state index < -0.39 is 10.0 Å². The van der Waals surface area contributed by atoms with Crippen molar-refractivity contribution in [1.29, 1.82) is 0 Å². The molecular weight excluding hydrogens is 298 g/mol. The van der Waals surface area contributed by atoms with Crippen LogP contribution >= 0.6 is 11.3 Å². The van der Waals surface area contributed by atoms with Gasteiger partial charge in [0.25, 0.3) is 0 Å². The molecule has 0 aliphatic carbocycles. The van der Waals surface area contributed by atoms with Crippen molar-refractivity contribution < 1.29 is 8.42 Å². The maximum atomic E-state index is 12.3. The van der Waals surface area contributed by atoms with Crippen molar-refractivity contribution in [3.8, 4) is 0 Å². The normalized spacial score (nSPS) is 12.2. The van der Waals surface area contributed by atoms with Gasteiger partial charge in [-0.15, -0.1) is 11.3 Å². The number of aromatic nitrogens is 3. The summed E-state index contributed by atoms with van der Waals surface area (Å²) in [6.45, 7) is 4.66. The van der Waals surface area contributed by atoms with Crippen LogP contribution in [0.2, 0.25) is 0 Å². The van der Waals surface area contributed by atoms with Gasteiger partial charge >= 0.3 is 0 Å². The molecule has 0 bridgehead atoms. The highest BCUT2D eigenvalue weighted by atomic mass is 32.2. The van der Waals surface area contributed by atoms with Crippen molar-refractivity contribution in [2.75, 3.05) is 0 Å². The number of H-pyrrole nitrogens is 1. The van der Waals surface area contributed by atoms with E-state index in [0.717, 1.165) is 4.88 Å². The standard InChI is InChI=1S/C11H17N5O2S2/c1-8(2)12-5-9-10(3-4-19-9)20(17,18)15-6-11-13-7-14-16-11/h3-4,7-8,12,15H,5-6H2,1-2H3,(H,13,14,16). The zero-order valence-corrected chi connectivity index (χ0v) is 12.9. The van der Waals surface area contributed by atoms with Gasteiger partial charge < -0.3 is 5.32 Å². The Morgan fingerprint density at radius 1 is 1.40 bits per heavy atom. The second-order valence-corrected chi connectivity index (χ2v) is 7.24. The van der Waals surface area contributed by atoms with Crippen LogP contribution < -0.4 is 10.0 Å². The zero-order chi connectivity index (χ0) is 14.6. The quantitative estimate of drug-likeness (QED) is 0.703. The summed E-state index contributed by atoms with van der Waals surface area (Å²) >= 11 is 1.42. The maximum absolute atomic E-state index is 12.3. The number of nitrogens with zero attached hydrogens (tertiary/aromatic N) is 2. The molecule has 0 saturated heterocycles. The van der Waals surface area contributed by atoms with Crippen molar-refractivity contribution in [2.24, 2.45) is 0 Å². The predicted octanol–water partition coefficient (Wildman–Crippen LogP) is 0.843.